The average molecular weight is 321 g/mol. The lowest BCUT2D eigenvalue weighted by atomic mass is 9.60. The van der Waals surface area contributed by atoms with Gasteiger partial charge in [0.1, 0.15) is 0 Å². The molecule has 1 aromatic rings. The van der Waals surface area contributed by atoms with E-state index in [1.54, 1.807) is 11.9 Å². The highest BCUT2D eigenvalue weighted by Crippen LogP contribution is 2.56. The van der Waals surface area contributed by atoms with Gasteiger partial charge in [0.15, 0.2) is 5.76 Å². The molecule has 0 saturated heterocycles. The smallest absolute Gasteiger partial charge is 0.371 e. The number of aromatic carboxylic acids is 1. The van der Waals surface area contributed by atoms with E-state index in [0.29, 0.717) is 6.61 Å². The zero-order chi connectivity index (χ0) is 16.6. The summed E-state index contributed by atoms with van der Waals surface area (Å²) in [5.74, 6) is -1.56. The van der Waals surface area contributed by atoms with Gasteiger partial charge in [-0.15, -0.1) is 0 Å². The minimum atomic E-state index is -1.17. The first-order valence-corrected chi connectivity index (χ1v) is 8.21. The summed E-state index contributed by atoms with van der Waals surface area (Å²) >= 11 is 0. The van der Waals surface area contributed by atoms with Crippen molar-refractivity contribution in [2.24, 2.45) is 5.41 Å². The summed E-state index contributed by atoms with van der Waals surface area (Å²) in [6.07, 6.45) is 5.57. The topological polar surface area (TPSA) is 80.0 Å². The van der Waals surface area contributed by atoms with Gasteiger partial charge in [-0.2, -0.15) is 0 Å². The largest absolute Gasteiger partial charge is 0.475 e. The van der Waals surface area contributed by atoms with Crippen molar-refractivity contribution in [1.29, 1.82) is 0 Å². The number of amides is 1. The molecule has 2 aliphatic rings. The Labute approximate surface area is 135 Å². The zero-order valence-corrected chi connectivity index (χ0v) is 13.6. The van der Waals surface area contributed by atoms with Crippen LogP contribution in [0.2, 0.25) is 0 Å². The number of carboxylic acids is 1. The number of hydrogen-bond acceptors (Lipinski definition) is 4. The molecule has 3 rings (SSSR count). The lowest BCUT2D eigenvalue weighted by molar-refractivity contribution is -0.152. The van der Waals surface area contributed by atoms with Gasteiger partial charge >= 0.3 is 5.97 Å². The minimum Gasteiger partial charge on any atom is -0.475 e. The average Bonchev–Trinajstić information content (AvgIpc) is 3.19. The lowest BCUT2D eigenvalue weighted by Crippen LogP contribution is -2.63. The van der Waals surface area contributed by atoms with Gasteiger partial charge in [0, 0.05) is 25.1 Å². The normalized spacial score (nSPS) is 25.3. The third-order valence-electron chi connectivity index (χ3n) is 5.46. The molecule has 0 aromatic carbocycles. The predicted octanol–water partition coefficient (Wildman–Crippen LogP) is 2.79. The van der Waals surface area contributed by atoms with Crippen LogP contribution in [0.15, 0.2) is 16.5 Å². The maximum atomic E-state index is 12.6. The molecule has 6 heteroatoms. The first-order valence-electron chi connectivity index (χ1n) is 8.21. The molecule has 0 bridgehead atoms. The highest BCUT2D eigenvalue weighted by Gasteiger charge is 2.59. The standard InChI is InChI=1S/C17H23NO5/c1-3-22-14-10-13(17(14)8-4-5-9-17)18(2)15(19)11-6-7-12(23-11)16(20)21/h6-7,13-14H,3-5,8-10H2,1-2H3,(H,20,21). The first kappa shape index (κ1) is 16.1. The molecule has 1 aromatic heterocycles. The van der Waals surface area contributed by atoms with Crippen LogP contribution in [-0.2, 0) is 4.74 Å². The third-order valence-corrected chi connectivity index (χ3v) is 5.46. The molecule has 2 unspecified atom stereocenters. The van der Waals surface area contributed by atoms with Crippen molar-refractivity contribution in [3.63, 3.8) is 0 Å². The van der Waals surface area contributed by atoms with E-state index in [9.17, 15) is 9.59 Å². The number of furan rings is 1. The van der Waals surface area contributed by atoms with Gasteiger partial charge < -0.3 is 19.2 Å². The molecule has 126 valence electrons. The molecular weight excluding hydrogens is 298 g/mol. The van der Waals surface area contributed by atoms with Crippen LogP contribution in [-0.4, -0.2) is 47.7 Å². The highest BCUT2D eigenvalue weighted by molar-refractivity contribution is 5.93. The molecule has 1 heterocycles. The van der Waals surface area contributed by atoms with Crippen molar-refractivity contribution in [3.8, 4) is 0 Å². The van der Waals surface area contributed by atoms with Crippen molar-refractivity contribution in [3.05, 3.63) is 23.7 Å². The van der Waals surface area contributed by atoms with E-state index in [-0.39, 0.29) is 35.0 Å². The van der Waals surface area contributed by atoms with E-state index < -0.39 is 5.97 Å². The molecule has 0 aliphatic heterocycles. The molecule has 2 fully saturated rings. The van der Waals surface area contributed by atoms with Crippen molar-refractivity contribution in [2.75, 3.05) is 13.7 Å². The van der Waals surface area contributed by atoms with Crippen molar-refractivity contribution in [1.82, 2.24) is 4.90 Å². The fourth-order valence-corrected chi connectivity index (χ4v) is 4.28. The lowest BCUT2D eigenvalue weighted by Gasteiger charge is -2.56. The van der Waals surface area contributed by atoms with Crippen molar-refractivity contribution >= 4 is 11.9 Å². The van der Waals surface area contributed by atoms with E-state index in [1.165, 1.54) is 25.0 Å². The fourth-order valence-electron chi connectivity index (χ4n) is 4.28. The van der Waals surface area contributed by atoms with Gasteiger partial charge in [0.2, 0.25) is 5.76 Å². The minimum absolute atomic E-state index is 0.0582. The summed E-state index contributed by atoms with van der Waals surface area (Å²) in [5.41, 5.74) is 0.0582. The molecule has 2 saturated carbocycles. The second kappa shape index (κ2) is 6.00. The van der Waals surface area contributed by atoms with Crippen LogP contribution >= 0.6 is 0 Å². The van der Waals surface area contributed by atoms with Gasteiger partial charge in [0.25, 0.3) is 5.91 Å². The molecular formula is C17H23NO5. The highest BCUT2D eigenvalue weighted by atomic mass is 16.5. The van der Waals surface area contributed by atoms with E-state index in [4.69, 9.17) is 14.3 Å². The summed E-state index contributed by atoms with van der Waals surface area (Å²) in [7, 11) is 1.78. The molecule has 2 atom stereocenters. The van der Waals surface area contributed by atoms with Crippen LogP contribution in [0.1, 0.15) is 60.1 Å². The number of ether oxygens (including phenoxy) is 1. The Balaban J connectivity index is 1.75. The third kappa shape index (κ3) is 2.55. The van der Waals surface area contributed by atoms with E-state index in [2.05, 4.69) is 0 Å². The molecule has 23 heavy (non-hydrogen) atoms. The van der Waals surface area contributed by atoms with Crippen LogP contribution in [0, 0.1) is 5.41 Å². The number of carbonyl (C=O) groups excluding carboxylic acids is 1. The SMILES string of the molecule is CCOC1CC(N(C)C(=O)c2ccc(C(=O)O)o2)C12CCCC2. The Bertz CT molecular complexity index is 602. The number of nitrogens with zero attached hydrogens (tertiary/aromatic N) is 1. The second-order valence-electron chi connectivity index (χ2n) is 6.52. The summed E-state index contributed by atoms with van der Waals surface area (Å²) in [5, 5.41) is 8.91. The Hall–Kier alpha value is -1.82. The van der Waals surface area contributed by atoms with Crippen LogP contribution in [0.4, 0.5) is 0 Å². The summed E-state index contributed by atoms with van der Waals surface area (Å²) in [6, 6.07) is 2.88. The second-order valence-corrected chi connectivity index (χ2v) is 6.52. The van der Waals surface area contributed by atoms with Gasteiger partial charge in [-0.25, -0.2) is 4.79 Å². The van der Waals surface area contributed by atoms with Gasteiger partial charge in [0.05, 0.1) is 6.10 Å². The van der Waals surface area contributed by atoms with Crippen LogP contribution < -0.4 is 0 Å². The number of carboxylic acid groups (broad SMARTS) is 1. The van der Waals surface area contributed by atoms with Gasteiger partial charge in [-0.1, -0.05) is 12.8 Å². The van der Waals surface area contributed by atoms with Crippen LogP contribution in [0.5, 0.6) is 0 Å². The molecule has 1 N–H and O–H groups in total. The molecule has 1 spiro atoms. The maximum absolute atomic E-state index is 12.6. The van der Waals surface area contributed by atoms with Gasteiger partial charge in [-0.05, 0) is 38.3 Å². The Morgan fingerprint density at radius 2 is 2.00 bits per heavy atom. The summed E-state index contributed by atoms with van der Waals surface area (Å²) in [6.45, 7) is 2.69. The Kier molecular flexibility index (Phi) is 4.19. The van der Waals surface area contributed by atoms with Crippen molar-refractivity contribution < 1.29 is 23.8 Å². The summed E-state index contributed by atoms with van der Waals surface area (Å²) < 4.78 is 11.0. The molecule has 0 radical (unpaired) electrons. The Morgan fingerprint density at radius 3 is 2.57 bits per heavy atom. The zero-order valence-electron chi connectivity index (χ0n) is 13.6. The number of carbonyl (C=O) groups is 2. The van der Waals surface area contributed by atoms with Crippen molar-refractivity contribution in [2.45, 2.75) is 51.2 Å². The van der Waals surface area contributed by atoms with E-state index in [0.717, 1.165) is 19.3 Å². The monoisotopic (exact) mass is 321 g/mol. The number of hydrogen-bond donors (Lipinski definition) is 1. The quantitative estimate of drug-likeness (QED) is 0.902. The number of rotatable bonds is 5. The molecule has 6 nitrogen and oxygen atoms in total. The Morgan fingerprint density at radius 1 is 1.35 bits per heavy atom. The van der Waals surface area contributed by atoms with Crippen LogP contribution in [0.25, 0.3) is 0 Å². The van der Waals surface area contributed by atoms with Crippen LogP contribution in [0.3, 0.4) is 0 Å². The molecule has 1 amide bonds. The van der Waals surface area contributed by atoms with E-state index in [1.807, 2.05) is 6.92 Å². The van der Waals surface area contributed by atoms with E-state index >= 15 is 0 Å². The van der Waals surface area contributed by atoms with Gasteiger partial charge in [-0.3, -0.25) is 4.79 Å². The maximum Gasteiger partial charge on any atom is 0.371 e. The first-order chi connectivity index (χ1) is 11.0. The predicted molar refractivity (Wildman–Crippen MR) is 82.5 cm³/mol. The molecule has 2 aliphatic carbocycles. The summed E-state index contributed by atoms with van der Waals surface area (Å²) in [4.78, 5) is 25.2. The fraction of sp³-hybridized carbons (Fsp3) is 0.647.